The number of ether oxygens (including phenoxy) is 1. The molecule has 3 aliphatic carbocycles. The van der Waals surface area contributed by atoms with Crippen molar-refractivity contribution in [2.45, 2.75) is 77.4 Å². The second-order valence-corrected chi connectivity index (χ2v) is 8.34. The van der Waals surface area contributed by atoms with E-state index in [9.17, 15) is 10.2 Å². The van der Waals surface area contributed by atoms with Gasteiger partial charge in [-0.2, -0.15) is 0 Å². The third-order valence-electron chi connectivity index (χ3n) is 6.84. The molecule has 0 radical (unpaired) electrons. The summed E-state index contributed by atoms with van der Waals surface area (Å²) in [6.45, 7) is 6.78. The van der Waals surface area contributed by atoms with E-state index in [4.69, 9.17) is 4.74 Å². The molecule has 0 aliphatic heterocycles. The third kappa shape index (κ3) is 2.61. The molecule has 3 atom stereocenters. The van der Waals surface area contributed by atoms with Crippen LogP contribution in [0.2, 0.25) is 0 Å². The second-order valence-electron chi connectivity index (χ2n) is 8.34. The monoisotopic (exact) mass is 320 g/mol. The van der Waals surface area contributed by atoms with Crippen LogP contribution in [0.5, 0.6) is 0 Å². The molecule has 0 fully saturated rings. The fourth-order valence-corrected chi connectivity index (χ4v) is 5.56. The zero-order valence-electron chi connectivity index (χ0n) is 15.1. The molecule has 0 saturated heterocycles. The molecular weight excluding hydrogens is 288 g/mol. The van der Waals surface area contributed by atoms with Crippen LogP contribution in [-0.2, 0) is 4.74 Å². The Hall–Kier alpha value is -0.640. The van der Waals surface area contributed by atoms with Crippen LogP contribution in [0.4, 0.5) is 0 Å². The normalized spacial score (nSPS) is 37.3. The number of methoxy groups -OCH3 is 1. The average molecular weight is 320 g/mol. The van der Waals surface area contributed by atoms with Gasteiger partial charge in [-0.3, -0.25) is 0 Å². The van der Waals surface area contributed by atoms with E-state index in [1.807, 2.05) is 0 Å². The number of hydrogen-bond donors (Lipinski definition) is 2. The van der Waals surface area contributed by atoms with Crippen LogP contribution in [0.15, 0.2) is 22.3 Å². The Balaban J connectivity index is 2.15. The van der Waals surface area contributed by atoms with Gasteiger partial charge in [-0.15, -0.1) is 0 Å². The van der Waals surface area contributed by atoms with Gasteiger partial charge in [0.15, 0.2) is 0 Å². The maximum Gasteiger partial charge on any atom is 0.111 e. The number of fused-ring (bicyclic) bond motifs is 2. The van der Waals surface area contributed by atoms with Crippen molar-refractivity contribution >= 4 is 0 Å². The fourth-order valence-electron chi connectivity index (χ4n) is 5.56. The molecule has 130 valence electrons. The van der Waals surface area contributed by atoms with Crippen LogP contribution in [0.1, 0.15) is 65.7 Å². The Morgan fingerprint density at radius 2 is 1.91 bits per heavy atom. The highest BCUT2D eigenvalue weighted by Crippen LogP contribution is 2.54. The molecule has 1 unspecified atom stereocenters. The second kappa shape index (κ2) is 6.02. The number of aliphatic hydroxyl groups excluding tert-OH is 1. The first-order valence-corrected chi connectivity index (χ1v) is 9.12. The largest absolute Gasteiger partial charge is 0.393 e. The Labute approximate surface area is 140 Å². The van der Waals surface area contributed by atoms with Gasteiger partial charge in [-0.05, 0) is 68.8 Å². The minimum Gasteiger partial charge on any atom is -0.393 e. The van der Waals surface area contributed by atoms with Gasteiger partial charge in [0.25, 0.3) is 0 Å². The molecule has 23 heavy (non-hydrogen) atoms. The lowest BCUT2D eigenvalue weighted by molar-refractivity contribution is -0.0491. The highest BCUT2D eigenvalue weighted by atomic mass is 16.5. The predicted octanol–water partition coefficient (Wildman–Crippen LogP) is 3.75. The Kier molecular flexibility index (Phi) is 4.50. The topological polar surface area (TPSA) is 49.7 Å². The van der Waals surface area contributed by atoms with Gasteiger partial charge < -0.3 is 14.9 Å². The minimum absolute atomic E-state index is 0.0825. The Bertz CT molecular complexity index is 543. The summed E-state index contributed by atoms with van der Waals surface area (Å²) in [4.78, 5) is 0. The lowest BCUT2D eigenvalue weighted by Gasteiger charge is -2.51. The standard InChI is InChI=1S/C20H32O3/c1-13-7-9-16-18(23-4)17-14(6-5-11-20(17,22)12-21)8-10-15(13)19(16,2)3/h16,18,21-22H,5-12H2,1-4H3/t16?,18-,20-/m1/s1. The number of aliphatic hydroxyl groups is 2. The summed E-state index contributed by atoms with van der Waals surface area (Å²) in [6.07, 6.45) is 6.88. The molecule has 0 aromatic carbocycles. The van der Waals surface area contributed by atoms with E-state index < -0.39 is 5.60 Å². The van der Waals surface area contributed by atoms with E-state index in [0.29, 0.717) is 12.3 Å². The van der Waals surface area contributed by atoms with Crippen molar-refractivity contribution in [3.63, 3.8) is 0 Å². The molecule has 3 nitrogen and oxygen atoms in total. The zero-order valence-corrected chi connectivity index (χ0v) is 15.1. The van der Waals surface area contributed by atoms with Crippen molar-refractivity contribution in [3.05, 3.63) is 22.3 Å². The first-order chi connectivity index (χ1) is 10.8. The molecular formula is C20H32O3. The molecule has 3 aliphatic rings. The van der Waals surface area contributed by atoms with E-state index in [1.54, 1.807) is 18.3 Å². The van der Waals surface area contributed by atoms with E-state index in [1.165, 1.54) is 5.57 Å². The van der Waals surface area contributed by atoms with E-state index in [-0.39, 0.29) is 18.1 Å². The molecule has 0 heterocycles. The zero-order chi connectivity index (χ0) is 16.8. The molecule has 2 bridgehead atoms. The third-order valence-corrected chi connectivity index (χ3v) is 6.84. The summed E-state index contributed by atoms with van der Waals surface area (Å²) >= 11 is 0. The summed E-state index contributed by atoms with van der Waals surface area (Å²) in [7, 11) is 1.77. The molecule has 0 aromatic rings. The first kappa shape index (κ1) is 17.2. The summed E-state index contributed by atoms with van der Waals surface area (Å²) in [5.74, 6) is 0.368. The van der Waals surface area contributed by atoms with E-state index in [2.05, 4.69) is 20.8 Å². The molecule has 3 rings (SSSR count). The number of allylic oxidation sites excluding steroid dienone is 3. The van der Waals surface area contributed by atoms with Crippen LogP contribution in [0, 0.1) is 11.3 Å². The van der Waals surface area contributed by atoms with E-state index >= 15 is 0 Å². The number of rotatable bonds is 2. The molecule has 0 saturated carbocycles. The average Bonchev–Trinajstić information content (AvgIpc) is 2.50. The van der Waals surface area contributed by atoms with Gasteiger partial charge in [-0.1, -0.05) is 30.6 Å². The Morgan fingerprint density at radius 1 is 1.17 bits per heavy atom. The highest BCUT2D eigenvalue weighted by molar-refractivity contribution is 5.38. The van der Waals surface area contributed by atoms with Crippen molar-refractivity contribution in [2.75, 3.05) is 13.7 Å². The van der Waals surface area contributed by atoms with Crippen molar-refractivity contribution in [1.82, 2.24) is 0 Å². The smallest absolute Gasteiger partial charge is 0.111 e. The van der Waals surface area contributed by atoms with Gasteiger partial charge in [-0.25, -0.2) is 0 Å². The van der Waals surface area contributed by atoms with Gasteiger partial charge in [0, 0.05) is 7.11 Å². The van der Waals surface area contributed by atoms with Crippen LogP contribution in [0.25, 0.3) is 0 Å². The lowest BCUT2D eigenvalue weighted by Crippen LogP contribution is -2.50. The van der Waals surface area contributed by atoms with Crippen LogP contribution < -0.4 is 0 Å². The molecule has 0 aromatic heterocycles. The van der Waals surface area contributed by atoms with Crippen molar-refractivity contribution in [1.29, 1.82) is 0 Å². The van der Waals surface area contributed by atoms with Crippen LogP contribution in [0.3, 0.4) is 0 Å². The molecule has 3 heteroatoms. The fraction of sp³-hybridized carbons (Fsp3) is 0.800. The summed E-state index contributed by atoms with van der Waals surface area (Å²) in [5, 5.41) is 21.0. The van der Waals surface area contributed by atoms with Crippen molar-refractivity contribution in [3.8, 4) is 0 Å². The minimum atomic E-state index is -1.09. The van der Waals surface area contributed by atoms with Crippen molar-refractivity contribution < 1.29 is 14.9 Å². The Morgan fingerprint density at radius 3 is 2.57 bits per heavy atom. The van der Waals surface area contributed by atoms with Gasteiger partial charge >= 0.3 is 0 Å². The summed E-state index contributed by atoms with van der Waals surface area (Å²) < 4.78 is 6.00. The highest BCUT2D eigenvalue weighted by Gasteiger charge is 2.49. The predicted molar refractivity (Wildman–Crippen MR) is 92.1 cm³/mol. The van der Waals surface area contributed by atoms with Gasteiger partial charge in [0.1, 0.15) is 5.60 Å². The maximum absolute atomic E-state index is 11.1. The molecule has 0 spiro atoms. The van der Waals surface area contributed by atoms with Gasteiger partial charge in [0.05, 0.1) is 12.7 Å². The summed E-state index contributed by atoms with van der Waals surface area (Å²) in [6, 6.07) is 0. The number of hydrogen-bond acceptors (Lipinski definition) is 3. The van der Waals surface area contributed by atoms with Crippen LogP contribution in [-0.4, -0.2) is 35.6 Å². The van der Waals surface area contributed by atoms with Crippen LogP contribution >= 0.6 is 0 Å². The summed E-state index contributed by atoms with van der Waals surface area (Å²) in [5.41, 5.74) is 4.52. The molecule has 0 amide bonds. The maximum atomic E-state index is 11.1. The molecule has 2 N–H and O–H groups in total. The first-order valence-electron chi connectivity index (χ1n) is 9.12. The quantitative estimate of drug-likeness (QED) is 0.762. The van der Waals surface area contributed by atoms with Crippen molar-refractivity contribution in [2.24, 2.45) is 11.3 Å². The lowest BCUT2D eigenvalue weighted by atomic mass is 9.57. The van der Waals surface area contributed by atoms with E-state index in [0.717, 1.165) is 44.1 Å². The SMILES string of the molecule is CO[C@H]1C2=C(CCC[C@@]2(O)CO)CCC2=C(C)CCC1C2(C)C. The van der Waals surface area contributed by atoms with Gasteiger partial charge in [0.2, 0.25) is 0 Å².